The fourth-order valence-electron chi connectivity index (χ4n) is 2.87. The van der Waals surface area contributed by atoms with Crippen molar-refractivity contribution in [3.05, 3.63) is 29.6 Å². The lowest BCUT2D eigenvalue weighted by molar-refractivity contribution is 0.261. The van der Waals surface area contributed by atoms with Gasteiger partial charge >= 0.3 is 0 Å². The summed E-state index contributed by atoms with van der Waals surface area (Å²) in [5, 5.41) is 3.23. The van der Waals surface area contributed by atoms with Gasteiger partial charge in [0.25, 0.3) is 0 Å². The zero-order chi connectivity index (χ0) is 15.5. The lowest BCUT2D eigenvalue weighted by Crippen LogP contribution is -2.46. The number of nitrogens with zero attached hydrogens (tertiary/aromatic N) is 1. The summed E-state index contributed by atoms with van der Waals surface area (Å²) in [7, 11) is -3.79. The van der Waals surface area contributed by atoms with E-state index in [0.29, 0.717) is 12.1 Å². The van der Waals surface area contributed by atoms with Crippen LogP contribution in [0.1, 0.15) is 31.7 Å². The molecule has 0 unspecified atom stereocenters. The van der Waals surface area contributed by atoms with E-state index in [9.17, 15) is 12.8 Å². The largest absolute Gasteiger partial charge is 0.317 e. The summed E-state index contributed by atoms with van der Waals surface area (Å²) in [6, 6.07) is 4.35. The van der Waals surface area contributed by atoms with E-state index < -0.39 is 15.8 Å². The fraction of sp³-hybridized carbons (Fsp3) is 0.600. The molecule has 1 fully saturated rings. The van der Waals surface area contributed by atoms with Crippen molar-refractivity contribution in [3.8, 4) is 0 Å². The molecule has 1 aromatic carbocycles. The van der Waals surface area contributed by atoms with E-state index in [0.717, 1.165) is 32.4 Å². The lowest BCUT2D eigenvalue weighted by Gasteiger charge is -2.34. The standard InChI is InChI=1S/C15H23FN2O2S.ClH/c1-3-11-18(13-7-9-17-10-8-13)21(19,20)15-12(2)5-4-6-14(15)16;/h4-6,13,17H,3,7-11H2,1-2H3;1H. The average molecular weight is 351 g/mol. The summed E-state index contributed by atoms with van der Waals surface area (Å²) < 4.78 is 41.5. The molecule has 0 amide bonds. The zero-order valence-corrected chi connectivity index (χ0v) is 14.6. The first kappa shape index (κ1) is 19.4. The first-order chi connectivity index (χ1) is 9.98. The van der Waals surface area contributed by atoms with Crippen molar-refractivity contribution in [2.24, 2.45) is 0 Å². The van der Waals surface area contributed by atoms with Gasteiger partial charge in [-0.1, -0.05) is 19.1 Å². The Kier molecular flexibility index (Phi) is 7.25. The van der Waals surface area contributed by atoms with Gasteiger partial charge in [0.2, 0.25) is 10.0 Å². The van der Waals surface area contributed by atoms with Crippen LogP contribution in [0.3, 0.4) is 0 Å². The van der Waals surface area contributed by atoms with Crippen molar-refractivity contribution in [2.45, 2.75) is 44.0 Å². The van der Waals surface area contributed by atoms with Gasteiger partial charge in [0, 0.05) is 12.6 Å². The third-order valence-corrected chi connectivity index (χ3v) is 6.02. The minimum atomic E-state index is -3.79. The molecule has 1 aromatic rings. The molecule has 22 heavy (non-hydrogen) atoms. The second-order valence-electron chi connectivity index (χ2n) is 5.48. The van der Waals surface area contributed by atoms with Gasteiger partial charge in [0.15, 0.2) is 0 Å². The van der Waals surface area contributed by atoms with Gasteiger partial charge in [-0.05, 0) is 50.9 Å². The van der Waals surface area contributed by atoms with Gasteiger partial charge < -0.3 is 5.32 Å². The van der Waals surface area contributed by atoms with Crippen LogP contribution in [-0.2, 0) is 10.0 Å². The van der Waals surface area contributed by atoms with E-state index in [2.05, 4.69) is 5.32 Å². The molecule has 0 aliphatic carbocycles. The van der Waals surface area contributed by atoms with Gasteiger partial charge in [-0.3, -0.25) is 0 Å². The number of nitrogens with one attached hydrogen (secondary N) is 1. The molecule has 126 valence electrons. The molecule has 0 atom stereocenters. The lowest BCUT2D eigenvalue weighted by atomic mass is 10.1. The number of rotatable bonds is 5. The van der Waals surface area contributed by atoms with E-state index in [1.54, 1.807) is 19.1 Å². The Morgan fingerprint density at radius 2 is 1.95 bits per heavy atom. The summed E-state index contributed by atoms with van der Waals surface area (Å²) >= 11 is 0. The van der Waals surface area contributed by atoms with Crippen LogP contribution in [0.4, 0.5) is 4.39 Å². The topological polar surface area (TPSA) is 49.4 Å². The van der Waals surface area contributed by atoms with Crippen molar-refractivity contribution in [1.29, 1.82) is 0 Å². The second-order valence-corrected chi connectivity index (χ2v) is 7.31. The normalized spacial score (nSPS) is 16.5. The molecule has 0 spiro atoms. The Hall–Kier alpha value is -0.690. The maximum absolute atomic E-state index is 14.1. The Morgan fingerprint density at radius 1 is 1.32 bits per heavy atom. The Bertz CT molecular complexity index is 569. The highest BCUT2D eigenvalue weighted by Crippen LogP contribution is 2.27. The van der Waals surface area contributed by atoms with Crippen LogP contribution < -0.4 is 5.32 Å². The Balaban J connectivity index is 0.00000242. The minimum absolute atomic E-state index is 0. The van der Waals surface area contributed by atoms with Crippen molar-refractivity contribution in [2.75, 3.05) is 19.6 Å². The third-order valence-electron chi connectivity index (χ3n) is 3.89. The number of sulfonamides is 1. The molecule has 1 N–H and O–H groups in total. The fourth-order valence-corrected chi connectivity index (χ4v) is 4.92. The van der Waals surface area contributed by atoms with Gasteiger partial charge in [0.05, 0.1) is 0 Å². The molecule has 1 aliphatic heterocycles. The first-order valence-electron chi connectivity index (χ1n) is 7.46. The van der Waals surface area contributed by atoms with Crippen molar-refractivity contribution >= 4 is 22.4 Å². The van der Waals surface area contributed by atoms with E-state index in [4.69, 9.17) is 0 Å². The molecule has 7 heteroatoms. The van der Waals surface area contributed by atoms with Crippen molar-refractivity contribution in [1.82, 2.24) is 9.62 Å². The van der Waals surface area contributed by atoms with Gasteiger partial charge in [-0.15, -0.1) is 12.4 Å². The Morgan fingerprint density at radius 3 is 2.50 bits per heavy atom. The maximum atomic E-state index is 14.1. The molecule has 1 heterocycles. The SMILES string of the molecule is CCCN(C1CCNCC1)S(=O)(=O)c1c(C)cccc1F.Cl. The highest BCUT2D eigenvalue weighted by Gasteiger charge is 2.34. The van der Waals surface area contributed by atoms with Crippen LogP contribution in [0.15, 0.2) is 23.1 Å². The predicted octanol–water partition coefficient (Wildman–Crippen LogP) is 2.71. The summed E-state index contributed by atoms with van der Waals surface area (Å²) in [4.78, 5) is -0.169. The highest BCUT2D eigenvalue weighted by molar-refractivity contribution is 7.89. The van der Waals surface area contributed by atoms with E-state index >= 15 is 0 Å². The molecule has 4 nitrogen and oxygen atoms in total. The van der Waals surface area contributed by atoms with Crippen molar-refractivity contribution < 1.29 is 12.8 Å². The highest BCUT2D eigenvalue weighted by atomic mass is 35.5. The first-order valence-corrected chi connectivity index (χ1v) is 8.90. The maximum Gasteiger partial charge on any atom is 0.246 e. The minimum Gasteiger partial charge on any atom is -0.317 e. The van der Waals surface area contributed by atoms with Crippen LogP contribution in [0.5, 0.6) is 0 Å². The van der Waals surface area contributed by atoms with Gasteiger partial charge in [-0.2, -0.15) is 4.31 Å². The molecule has 0 aromatic heterocycles. The molecule has 0 bridgehead atoms. The molecule has 2 rings (SSSR count). The quantitative estimate of drug-likeness (QED) is 0.888. The van der Waals surface area contributed by atoms with Gasteiger partial charge in [0.1, 0.15) is 10.7 Å². The summed E-state index contributed by atoms with van der Waals surface area (Å²) in [5.74, 6) is -0.662. The number of halogens is 2. The number of aryl methyl sites for hydroxylation is 1. The van der Waals surface area contributed by atoms with Crippen LogP contribution in [0.25, 0.3) is 0 Å². The van der Waals surface area contributed by atoms with E-state index in [-0.39, 0.29) is 23.3 Å². The monoisotopic (exact) mass is 350 g/mol. The summed E-state index contributed by atoms with van der Waals surface area (Å²) in [5.41, 5.74) is 0.463. The van der Waals surface area contributed by atoms with Crippen LogP contribution in [0, 0.1) is 12.7 Å². The van der Waals surface area contributed by atoms with E-state index in [1.165, 1.54) is 10.4 Å². The smallest absolute Gasteiger partial charge is 0.246 e. The molecular weight excluding hydrogens is 327 g/mol. The number of hydrogen-bond donors (Lipinski definition) is 1. The number of hydrogen-bond acceptors (Lipinski definition) is 3. The number of piperidine rings is 1. The molecule has 1 aliphatic rings. The molecule has 1 saturated heterocycles. The van der Waals surface area contributed by atoms with Gasteiger partial charge in [-0.25, -0.2) is 12.8 Å². The second kappa shape index (κ2) is 8.24. The predicted molar refractivity (Wildman–Crippen MR) is 88.5 cm³/mol. The van der Waals surface area contributed by atoms with Crippen LogP contribution >= 0.6 is 12.4 Å². The molecule has 0 saturated carbocycles. The molecular formula is C15H24ClFN2O2S. The third kappa shape index (κ3) is 3.98. The van der Waals surface area contributed by atoms with E-state index in [1.807, 2.05) is 6.92 Å². The zero-order valence-electron chi connectivity index (χ0n) is 13.0. The summed E-state index contributed by atoms with van der Waals surface area (Å²) in [6.45, 7) is 5.62. The van der Waals surface area contributed by atoms with Crippen molar-refractivity contribution in [3.63, 3.8) is 0 Å². The summed E-state index contributed by atoms with van der Waals surface area (Å²) in [6.07, 6.45) is 2.26. The van der Waals surface area contributed by atoms with Crippen LogP contribution in [-0.4, -0.2) is 38.4 Å². The molecule has 0 radical (unpaired) electrons. The van der Waals surface area contributed by atoms with Crippen LogP contribution in [0.2, 0.25) is 0 Å². The average Bonchev–Trinajstić information content (AvgIpc) is 2.45. The Labute approximate surface area is 138 Å². The number of benzene rings is 1.